The molecule has 3 atom stereocenters. The lowest BCUT2D eigenvalue weighted by molar-refractivity contribution is -0.142. The lowest BCUT2D eigenvalue weighted by Crippen LogP contribution is -2.14. The first kappa shape index (κ1) is 8.92. The number of carbonyl (C=O) groups is 1. The molecule has 1 aromatic carbocycles. The zero-order valence-corrected chi connectivity index (χ0v) is 8.26. The molecule has 3 heteroatoms. The maximum Gasteiger partial charge on any atom is 0.306 e. The van der Waals surface area contributed by atoms with Crippen molar-refractivity contribution >= 4 is 5.97 Å². The molecule has 2 aliphatic heterocycles. The topological polar surface area (TPSA) is 38.8 Å². The molecule has 0 aromatic heterocycles. The van der Waals surface area contributed by atoms with E-state index in [9.17, 15) is 4.79 Å². The molecule has 0 N–H and O–H groups in total. The maximum absolute atomic E-state index is 11.0. The highest BCUT2D eigenvalue weighted by molar-refractivity contribution is 5.71. The minimum atomic E-state index is -0.0951. The number of ether oxygens (including phenoxy) is 2. The molecule has 0 aliphatic carbocycles. The highest BCUT2D eigenvalue weighted by Gasteiger charge is 2.49. The summed E-state index contributed by atoms with van der Waals surface area (Å²) in [6, 6.07) is 10.1. The first-order chi connectivity index (χ1) is 7.34. The van der Waals surface area contributed by atoms with Gasteiger partial charge in [0.15, 0.2) is 0 Å². The van der Waals surface area contributed by atoms with Gasteiger partial charge in [-0.25, -0.2) is 0 Å². The van der Waals surface area contributed by atoms with E-state index in [0.717, 1.165) is 6.42 Å². The Morgan fingerprint density at radius 1 is 1.20 bits per heavy atom. The van der Waals surface area contributed by atoms with Crippen LogP contribution in [-0.2, 0) is 14.3 Å². The summed E-state index contributed by atoms with van der Waals surface area (Å²) >= 11 is 0. The normalized spacial score (nSPS) is 33.9. The van der Waals surface area contributed by atoms with Gasteiger partial charge in [0, 0.05) is 6.42 Å². The SMILES string of the molecule is O=C1CC[C@@H]([C@@H]2O[C@H]2c2ccccc2)O1. The van der Waals surface area contributed by atoms with Crippen LogP contribution < -0.4 is 0 Å². The average Bonchev–Trinajstić information content (AvgIpc) is 2.96. The monoisotopic (exact) mass is 204 g/mol. The molecule has 0 bridgehead atoms. The number of benzene rings is 1. The Morgan fingerprint density at radius 3 is 2.67 bits per heavy atom. The molecule has 3 nitrogen and oxygen atoms in total. The van der Waals surface area contributed by atoms with Gasteiger partial charge in [-0.05, 0) is 12.0 Å². The molecule has 2 saturated heterocycles. The van der Waals surface area contributed by atoms with E-state index in [1.165, 1.54) is 5.56 Å². The third-order valence-corrected chi connectivity index (χ3v) is 2.94. The predicted molar refractivity (Wildman–Crippen MR) is 53.2 cm³/mol. The van der Waals surface area contributed by atoms with Gasteiger partial charge in [0.25, 0.3) is 0 Å². The van der Waals surface area contributed by atoms with E-state index in [1.807, 2.05) is 30.3 Å². The predicted octanol–water partition coefficient (Wildman–Crippen LogP) is 1.83. The van der Waals surface area contributed by atoms with Gasteiger partial charge in [0.05, 0.1) is 0 Å². The van der Waals surface area contributed by atoms with Crippen molar-refractivity contribution in [2.24, 2.45) is 0 Å². The van der Waals surface area contributed by atoms with Gasteiger partial charge < -0.3 is 9.47 Å². The molecule has 2 fully saturated rings. The second-order valence-electron chi connectivity index (χ2n) is 4.00. The van der Waals surface area contributed by atoms with Gasteiger partial charge in [-0.15, -0.1) is 0 Å². The smallest absolute Gasteiger partial charge is 0.306 e. The fourth-order valence-corrected chi connectivity index (χ4v) is 2.10. The molecule has 0 radical (unpaired) electrons. The Morgan fingerprint density at radius 2 is 2.00 bits per heavy atom. The van der Waals surface area contributed by atoms with Gasteiger partial charge >= 0.3 is 5.97 Å². The van der Waals surface area contributed by atoms with Crippen LogP contribution in [0.1, 0.15) is 24.5 Å². The van der Waals surface area contributed by atoms with E-state index in [4.69, 9.17) is 9.47 Å². The van der Waals surface area contributed by atoms with Gasteiger partial charge in [0.1, 0.15) is 18.3 Å². The molecule has 1 aromatic rings. The molecule has 78 valence electrons. The van der Waals surface area contributed by atoms with E-state index in [0.29, 0.717) is 6.42 Å². The van der Waals surface area contributed by atoms with Crippen molar-refractivity contribution in [3.63, 3.8) is 0 Å². The highest BCUT2D eigenvalue weighted by Crippen LogP contribution is 2.44. The highest BCUT2D eigenvalue weighted by atomic mass is 16.6. The Balaban J connectivity index is 1.67. The Labute approximate surface area is 88.0 Å². The average molecular weight is 204 g/mol. The molecule has 15 heavy (non-hydrogen) atoms. The van der Waals surface area contributed by atoms with Crippen LogP contribution in [0, 0.1) is 0 Å². The van der Waals surface area contributed by atoms with Crippen LogP contribution in [0.2, 0.25) is 0 Å². The summed E-state index contributed by atoms with van der Waals surface area (Å²) in [7, 11) is 0. The van der Waals surface area contributed by atoms with E-state index < -0.39 is 0 Å². The Hall–Kier alpha value is -1.35. The van der Waals surface area contributed by atoms with Crippen LogP contribution in [-0.4, -0.2) is 18.2 Å². The lowest BCUT2D eigenvalue weighted by Gasteiger charge is -2.04. The third kappa shape index (κ3) is 1.63. The van der Waals surface area contributed by atoms with Crippen molar-refractivity contribution in [1.82, 2.24) is 0 Å². The second kappa shape index (κ2) is 3.35. The molecule has 0 amide bonds. The molecular formula is C12H12O3. The van der Waals surface area contributed by atoms with E-state index in [1.54, 1.807) is 0 Å². The summed E-state index contributed by atoms with van der Waals surface area (Å²) < 4.78 is 10.7. The Bertz CT molecular complexity index is 374. The number of epoxide rings is 1. The number of hydrogen-bond donors (Lipinski definition) is 0. The van der Waals surface area contributed by atoms with Gasteiger partial charge in [-0.2, -0.15) is 0 Å². The van der Waals surface area contributed by atoms with Crippen LogP contribution in [0.5, 0.6) is 0 Å². The number of carbonyl (C=O) groups excluding carboxylic acids is 1. The summed E-state index contributed by atoms with van der Waals surface area (Å²) in [4.78, 5) is 11.0. The summed E-state index contributed by atoms with van der Waals surface area (Å²) in [5.41, 5.74) is 1.17. The molecule has 0 spiro atoms. The number of rotatable bonds is 2. The van der Waals surface area contributed by atoms with E-state index >= 15 is 0 Å². The fourth-order valence-electron chi connectivity index (χ4n) is 2.10. The summed E-state index contributed by atoms with van der Waals surface area (Å²) in [6.07, 6.45) is 1.52. The standard InChI is InChI=1S/C12H12O3/c13-10-7-6-9(14-10)12-11(15-12)8-4-2-1-3-5-8/h1-5,9,11-12H,6-7H2/t9-,11-,12-/m0/s1. The summed E-state index contributed by atoms with van der Waals surface area (Å²) in [5, 5.41) is 0. The van der Waals surface area contributed by atoms with Crippen molar-refractivity contribution in [1.29, 1.82) is 0 Å². The van der Waals surface area contributed by atoms with Crippen molar-refractivity contribution in [2.45, 2.75) is 31.2 Å². The van der Waals surface area contributed by atoms with Crippen LogP contribution in [0.25, 0.3) is 0 Å². The van der Waals surface area contributed by atoms with Crippen LogP contribution in [0.15, 0.2) is 30.3 Å². The van der Waals surface area contributed by atoms with Crippen molar-refractivity contribution in [2.75, 3.05) is 0 Å². The molecule has 0 unspecified atom stereocenters. The zero-order valence-electron chi connectivity index (χ0n) is 8.26. The quantitative estimate of drug-likeness (QED) is 0.545. The number of hydrogen-bond acceptors (Lipinski definition) is 3. The summed E-state index contributed by atoms with van der Waals surface area (Å²) in [6.45, 7) is 0. The second-order valence-corrected chi connectivity index (χ2v) is 4.00. The van der Waals surface area contributed by atoms with Crippen LogP contribution in [0.3, 0.4) is 0 Å². The van der Waals surface area contributed by atoms with Gasteiger partial charge in [0.2, 0.25) is 0 Å². The zero-order chi connectivity index (χ0) is 10.3. The summed E-state index contributed by atoms with van der Waals surface area (Å²) in [5.74, 6) is -0.0951. The first-order valence-corrected chi connectivity index (χ1v) is 5.24. The molecule has 2 heterocycles. The van der Waals surface area contributed by atoms with Gasteiger partial charge in [-0.1, -0.05) is 30.3 Å². The largest absolute Gasteiger partial charge is 0.459 e. The molecule has 2 aliphatic rings. The third-order valence-electron chi connectivity index (χ3n) is 2.94. The lowest BCUT2D eigenvalue weighted by atomic mass is 10.1. The van der Waals surface area contributed by atoms with Gasteiger partial charge in [-0.3, -0.25) is 4.79 Å². The fraction of sp³-hybridized carbons (Fsp3) is 0.417. The number of esters is 1. The molecule has 0 saturated carbocycles. The van der Waals surface area contributed by atoms with E-state index in [-0.39, 0.29) is 24.3 Å². The molecular weight excluding hydrogens is 192 g/mol. The maximum atomic E-state index is 11.0. The number of cyclic esters (lactones) is 1. The van der Waals surface area contributed by atoms with Crippen molar-refractivity contribution in [3.8, 4) is 0 Å². The Kier molecular flexibility index (Phi) is 1.99. The van der Waals surface area contributed by atoms with Crippen molar-refractivity contribution in [3.05, 3.63) is 35.9 Å². The van der Waals surface area contributed by atoms with Crippen molar-refractivity contribution < 1.29 is 14.3 Å². The minimum Gasteiger partial charge on any atom is -0.459 e. The van der Waals surface area contributed by atoms with Crippen LogP contribution in [0.4, 0.5) is 0 Å². The van der Waals surface area contributed by atoms with E-state index in [2.05, 4.69) is 0 Å². The minimum absolute atomic E-state index is 0.0253. The molecule has 3 rings (SSSR count). The first-order valence-electron chi connectivity index (χ1n) is 5.24. The van der Waals surface area contributed by atoms with Crippen LogP contribution >= 0.6 is 0 Å².